The molecule has 4 atom stereocenters. The Morgan fingerprint density at radius 1 is 1.28 bits per heavy atom. The SMILES string of the molecule is C[C@@H]1CN(C(=O)C2CCCC2CN)C[C@H]1C(=O)O. The fraction of sp³-hybridized carbons (Fsp3) is 0.846. The number of nitrogens with zero attached hydrogens (tertiary/aromatic N) is 1. The number of aliphatic carboxylic acids is 1. The molecule has 18 heavy (non-hydrogen) atoms. The Bertz CT molecular complexity index is 345. The Balaban J connectivity index is 2.00. The molecular weight excluding hydrogens is 232 g/mol. The average molecular weight is 254 g/mol. The summed E-state index contributed by atoms with van der Waals surface area (Å²) in [4.78, 5) is 25.2. The maximum atomic E-state index is 12.4. The topological polar surface area (TPSA) is 83.6 Å². The number of likely N-dealkylation sites (tertiary alicyclic amines) is 1. The fourth-order valence-corrected chi connectivity index (χ4v) is 3.35. The highest BCUT2D eigenvalue weighted by Gasteiger charge is 2.41. The van der Waals surface area contributed by atoms with Gasteiger partial charge in [0.05, 0.1) is 5.92 Å². The van der Waals surface area contributed by atoms with Gasteiger partial charge in [-0.05, 0) is 31.2 Å². The van der Waals surface area contributed by atoms with Crippen LogP contribution in [-0.2, 0) is 9.59 Å². The van der Waals surface area contributed by atoms with Crippen molar-refractivity contribution in [1.82, 2.24) is 4.90 Å². The van der Waals surface area contributed by atoms with Gasteiger partial charge in [0.25, 0.3) is 0 Å². The predicted molar refractivity (Wildman–Crippen MR) is 66.8 cm³/mol. The number of carboxylic acids is 1. The van der Waals surface area contributed by atoms with Crippen molar-refractivity contribution in [3.8, 4) is 0 Å². The van der Waals surface area contributed by atoms with Crippen LogP contribution in [0.2, 0.25) is 0 Å². The van der Waals surface area contributed by atoms with Crippen molar-refractivity contribution >= 4 is 11.9 Å². The summed E-state index contributed by atoms with van der Waals surface area (Å²) in [6.07, 6.45) is 2.99. The zero-order valence-corrected chi connectivity index (χ0v) is 10.8. The van der Waals surface area contributed by atoms with Gasteiger partial charge in [-0.2, -0.15) is 0 Å². The van der Waals surface area contributed by atoms with Gasteiger partial charge < -0.3 is 15.7 Å². The van der Waals surface area contributed by atoms with Gasteiger partial charge in [0.1, 0.15) is 0 Å². The highest BCUT2D eigenvalue weighted by Crippen LogP contribution is 2.34. The molecule has 2 unspecified atom stereocenters. The van der Waals surface area contributed by atoms with Crippen LogP contribution < -0.4 is 5.73 Å². The van der Waals surface area contributed by atoms with Crippen LogP contribution in [0.3, 0.4) is 0 Å². The largest absolute Gasteiger partial charge is 0.481 e. The number of hydrogen-bond donors (Lipinski definition) is 2. The molecule has 5 nitrogen and oxygen atoms in total. The van der Waals surface area contributed by atoms with Crippen molar-refractivity contribution in [3.63, 3.8) is 0 Å². The van der Waals surface area contributed by atoms with E-state index in [1.54, 1.807) is 4.90 Å². The Labute approximate surface area is 107 Å². The Hall–Kier alpha value is -1.10. The number of hydrogen-bond acceptors (Lipinski definition) is 3. The summed E-state index contributed by atoms with van der Waals surface area (Å²) in [6.45, 7) is 3.40. The number of nitrogens with two attached hydrogens (primary N) is 1. The van der Waals surface area contributed by atoms with Gasteiger partial charge in [0.15, 0.2) is 0 Å². The zero-order chi connectivity index (χ0) is 13.3. The van der Waals surface area contributed by atoms with Gasteiger partial charge in [0, 0.05) is 19.0 Å². The smallest absolute Gasteiger partial charge is 0.308 e. The third-order valence-corrected chi connectivity index (χ3v) is 4.52. The van der Waals surface area contributed by atoms with Gasteiger partial charge in [-0.3, -0.25) is 9.59 Å². The van der Waals surface area contributed by atoms with E-state index in [0.717, 1.165) is 19.3 Å². The summed E-state index contributed by atoms with van der Waals surface area (Å²) in [7, 11) is 0. The zero-order valence-electron chi connectivity index (χ0n) is 10.8. The molecule has 2 aliphatic rings. The maximum Gasteiger partial charge on any atom is 0.308 e. The van der Waals surface area contributed by atoms with Crippen LogP contribution >= 0.6 is 0 Å². The van der Waals surface area contributed by atoms with Crippen LogP contribution in [0.1, 0.15) is 26.2 Å². The molecule has 3 N–H and O–H groups in total. The highest BCUT2D eigenvalue weighted by molar-refractivity contribution is 5.81. The van der Waals surface area contributed by atoms with E-state index >= 15 is 0 Å². The molecule has 5 heteroatoms. The van der Waals surface area contributed by atoms with Crippen molar-refractivity contribution in [1.29, 1.82) is 0 Å². The number of carboxylic acid groups (broad SMARTS) is 1. The minimum atomic E-state index is -0.792. The van der Waals surface area contributed by atoms with Crippen LogP contribution in [0.25, 0.3) is 0 Å². The van der Waals surface area contributed by atoms with Crippen molar-refractivity contribution in [2.75, 3.05) is 19.6 Å². The molecule has 0 bridgehead atoms. The summed E-state index contributed by atoms with van der Waals surface area (Å²) in [5.74, 6) is -0.722. The first kappa shape index (κ1) is 13.3. The summed E-state index contributed by atoms with van der Waals surface area (Å²) in [5.41, 5.74) is 5.70. The molecule has 1 heterocycles. The molecule has 1 aliphatic carbocycles. The van der Waals surface area contributed by atoms with Crippen molar-refractivity contribution in [3.05, 3.63) is 0 Å². The molecule has 0 radical (unpaired) electrons. The van der Waals surface area contributed by atoms with E-state index in [1.807, 2.05) is 6.92 Å². The van der Waals surface area contributed by atoms with Crippen molar-refractivity contribution < 1.29 is 14.7 Å². The van der Waals surface area contributed by atoms with E-state index in [-0.39, 0.29) is 23.7 Å². The first-order chi connectivity index (χ1) is 8.54. The second kappa shape index (κ2) is 5.26. The first-order valence-corrected chi connectivity index (χ1v) is 6.76. The third-order valence-electron chi connectivity index (χ3n) is 4.52. The maximum absolute atomic E-state index is 12.4. The van der Waals surface area contributed by atoms with Crippen LogP contribution in [0.5, 0.6) is 0 Å². The predicted octanol–water partition coefficient (Wildman–Crippen LogP) is 0.541. The van der Waals surface area contributed by atoms with Crippen LogP contribution in [0.15, 0.2) is 0 Å². The molecule has 0 aromatic heterocycles. The van der Waals surface area contributed by atoms with Gasteiger partial charge in [-0.1, -0.05) is 13.3 Å². The number of carbonyl (C=O) groups excluding carboxylic acids is 1. The molecule has 2 rings (SSSR count). The lowest BCUT2D eigenvalue weighted by Crippen LogP contribution is -2.38. The van der Waals surface area contributed by atoms with Crippen LogP contribution in [-0.4, -0.2) is 41.5 Å². The van der Waals surface area contributed by atoms with E-state index in [1.165, 1.54) is 0 Å². The molecule has 102 valence electrons. The number of carbonyl (C=O) groups is 2. The second-order valence-electron chi connectivity index (χ2n) is 5.70. The standard InChI is InChI=1S/C13H22N2O3/c1-8-6-15(7-11(8)13(17)18)12(16)10-4-2-3-9(10)5-14/h8-11H,2-7,14H2,1H3,(H,17,18)/t8-,9?,10?,11-/m1/s1. The van der Waals surface area contributed by atoms with Crippen LogP contribution in [0, 0.1) is 23.7 Å². The van der Waals surface area contributed by atoms with E-state index < -0.39 is 11.9 Å². The average Bonchev–Trinajstić information content (AvgIpc) is 2.93. The van der Waals surface area contributed by atoms with Crippen molar-refractivity contribution in [2.45, 2.75) is 26.2 Å². The summed E-state index contributed by atoms with van der Waals surface area (Å²) >= 11 is 0. The fourth-order valence-electron chi connectivity index (χ4n) is 3.35. The van der Waals surface area contributed by atoms with Gasteiger partial charge in [0.2, 0.25) is 5.91 Å². The van der Waals surface area contributed by atoms with Crippen molar-refractivity contribution in [2.24, 2.45) is 29.4 Å². The number of rotatable bonds is 3. The Morgan fingerprint density at radius 2 is 2.00 bits per heavy atom. The second-order valence-corrected chi connectivity index (χ2v) is 5.70. The molecule has 1 aliphatic heterocycles. The minimum Gasteiger partial charge on any atom is -0.481 e. The Kier molecular flexibility index (Phi) is 3.90. The molecule has 1 saturated heterocycles. The number of amides is 1. The first-order valence-electron chi connectivity index (χ1n) is 6.76. The van der Waals surface area contributed by atoms with Crippen LogP contribution in [0.4, 0.5) is 0 Å². The molecule has 0 spiro atoms. The van der Waals surface area contributed by atoms with E-state index in [9.17, 15) is 9.59 Å². The van der Waals surface area contributed by atoms with Gasteiger partial charge in [-0.15, -0.1) is 0 Å². The van der Waals surface area contributed by atoms with E-state index in [4.69, 9.17) is 10.8 Å². The molecule has 0 aromatic carbocycles. The Morgan fingerprint density at radius 3 is 2.56 bits per heavy atom. The molecule has 1 amide bonds. The highest BCUT2D eigenvalue weighted by atomic mass is 16.4. The minimum absolute atomic E-state index is 0.0229. The molecule has 0 aromatic rings. The van der Waals surface area contributed by atoms with Gasteiger partial charge >= 0.3 is 5.97 Å². The lowest BCUT2D eigenvalue weighted by atomic mass is 9.95. The summed E-state index contributed by atoms with van der Waals surface area (Å²) < 4.78 is 0. The third kappa shape index (κ3) is 2.36. The molecular formula is C13H22N2O3. The lowest BCUT2D eigenvalue weighted by Gasteiger charge is -2.24. The van der Waals surface area contributed by atoms with Gasteiger partial charge in [-0.25, -0.2) is 0 Å². The normalized spacial score (nSPS) is 36.0. The van der Waals surface area contributed by atoms with E-state index in [0.29, 0.717) is 19.6 Å². The molecule has 2 fully saturated rings. The molecule has 1 saturated carbocycles. The monoisotopic (exact) mass is 254 g/mol. The van der Waals surface area contributed by atoms with E-state index in [2.05, 4.69) is 0 Å². The lowest BCUT2D eigenvalue weighted by molar-refractivity contribution is -0.142. The summed E-state index contributed by atoms with van der Waals surface area (Å²) in [6, 6.07) is 0. The quantitative estimate of drug-likeness (QED) is 0.770. The summed E-state index contributed by atoms with van der Waals surface area (Å²) in [5, 5.41) is 9.09.